The Bertz CT molecular complexity index is 549. The maximum absolute atomic E-state index is 11.0. The Morgan fingerprint density at radius 2 is 2.17 bits per heavy atom. The Hall–Kier alpha value is -1.39. The van der Waals surface area contributed by atoms with Gasteiger partial charge in [0.05, 0.1) is 5.92 Å². The predicted octanol–water partition coefficient (Wildman–Crippen LogP) is 3.27. The predicted molar refractivity (Wildman–Crippen MR) is 75.0 cm³/mol. The van der Waals surface area contributed by atoms with Crippen LogP contribution in [0.5, 0.6) is 0 Å². The van der Waals surface area contributed by atoms with Crippen molar-refractivity contribution in [3.8, 4) is 0 Å². The second kappa shape index (κ2) is 5.50. The van der Waals surface area contributed by atoms with Crippen molar-refractivity contribution in [2.75, 3.05) is 7.05 Å². The van der Waals surface area contributed by atoms with E-state index in [1.165, 1.54) is 15.6 Å². The molecule has 0 spiro atoms. The third-order valence-corrected chi connectivity index (χ3v) is 4.23. The molecule has 1 aromatic carbocycles. The molecule has 0 saturated heterocycles. The second-order valence-electron chi connectivity index (χ2n) is 4.50. The molecule has 0 saturated carbocycles. The molecule has 3 nitrogen and oxygen atoms in total. The third-order valence-electron chi connectivity index (χ3n) is 3.25. The number of fused-ring (bicyclic) bond motifs is 1. The van der Waals surface area contributed by atoms with E-state index in [-0.39, 0.29) is 12.0 Å². The number of carboxylic acid groups (broad SMARTS) is 1. The van der Waals surface area contributed by atoms with Crippen LogP contribution in [0.1, 0.15) is 24.9 Å². The molecule has 0 bridgehead atoms. The smallest absolute Gasteiger partial charge is 0.306 e. The Balaban J connectivity index is 2.30. The number of aliphatic carboxylic acids is 1. The molecule has 2 aromatic rings. The highest BCUT2D eigenvalue weighted by atomic mass is 32.1. The zero-order valence-corrected chi connectivity index (χ0v) is 11.3. The molecule has 1 aromatic heterocycles. The van der Waals surface area contributed by atoms with Crippen molar-refractivity contribution in [3.63, 3.8) is 0 Å². The van der Waals surface area contributed by atoms with Gasteiger partial charge in [-0.15, -0.1) is 11.3 Å². The van der Waals surface area contributed by atoms with Crippen molar-refractivity contribution in [1.29, 1.82) is 0 Å². The molecule has 2 unspecified atom stereocenters. The SMILES string of the molecule is CNC(CC(C)C(=O)O)c1csc2ccccc12. The Morgan fingerprint density at radius 3 is 2.83 bits per heavy atom. The number of rotatable bonds is 5. The highest BCUT2D eigenvalue weighted by Crippen LogP contribution is 2.32. The fourth-order valence-electron chi connectivity index (χ4n) is 2.12. The summed E-state index contributed by atoms with van der Waals surface area (Å²) >= 11 is 1.71. The van der Waals surface area contributed by atoms with Gasteiger partial charge in [0.1, 0.15) is 0 Å². The minimum atomic E-state index is -0.741. The van der Waals surface area contributed by atoms with Gasteiger partial charge in [-0.2, -0.15) is 0 Å². The standard InChI is InChI=1S/C14H17NO2S/c1-9(14(16)17)7-12(15-2)11-8-18-13-6-4-3-5-10(11)13/h3-6,8-9,12,15H,7H2,1-2H3,(H,16,17). The molecule has 0 amide bonds. The maximum atomic E-state index is 11.0. The fourth-order valence-corrected chi connectivity index (χ4v) is 3.14. The van der Waals surface area contributed by atoms with E-state index < -0.39 is 5.97 Å². The summed E-state index contributed by atoms with van der Waals surface area (Å²) < 4.78 is 1.25. The van der Waals surface area contributed by atoms with Gasteiger partial charge in [-0.1, -0.05) is 25.1 Å². The Labute approximate surface area is 110 Å². The molecule has 0 fully saturated rings. The topological polar surface area (TPSA) is 49.3 Å². The summed E-state index contributed by atoms with van der Waals surface area (Å²) in [4.78, 5) is 11.0. The lowest BCUT2D eigenvalue weighted by molar-refractivity contribution is -0.141. The zero-order valence-electron chi connectivity index (χ0n) is 10.5. The monoisotopic (exact) mass is 263 g/mol. The summed E-state index contributed by atoms with van der Waals surface area (Å²) in [5, 5.41) is 15.6. The second-order valence-corrected chi connectivity index (χ2v) is 5.41. The van der Waals surface area contributed by atoms with Gasteiger partial charge >= 0.3 is 5.97 Å². The number of carbonyl (C=O) groups is 1. The zero-order chi connectivity index (χ0) is 13.1. The summed E-state index contributed by atoms with van der Waals surface area (Å²) in [5.41, 5.74) is 1.20. The van der Waals surface area contributed by atoms with Gasteiger partial charge in [0.2, 0.25) is 0 Å². The van der Waals surface area contributed by atoms with Crippen molar-refractivity contribution in [2.24, 2.45) is 5.92 Å². The number of nitrogens with one attached hydrogen (secondary N) is 1. The molecule has 96 valence electrons. The van der Waals surface area contributed by atoms with Crippen LogP contribution in [0, 0.1) is 5.92 Å². The molecule has 1 heterocycles. The van der Waals surface area contributed by atoms with Crippen LogP contribution in [0.15, 0.2) is 29.6 Å². The van der Waals surface area contributed by atoms with Crippen LogP contribution in [0.25, 0.3) is 10.1 Å². The average Bonchev–Trinajstić information content (AvgIpc) is 2.79. The fraction of sp³-hybridized carbons (Fsp3) is 0.357. The molecule has 0 aliphatic rings. The van der Waals surface area contributed by atoms with Gasteiger partial charge in [-0.3, -0.25) is 4.79 Å². The number of carboxylic acids is 1. The van der Waals surface area contributed by atoms with Crippen molar-refractivity contribution >= 4 is 27.4 Å². The Morgan fingerprint density at radius 1 is 1.44 bits per heavy atom. The van der Waals surface area contributed by atoms with E-state index in [0.717, 1.165) is 0 Å². The molecule has 4 heteroatoms. The van der Waals surface area contributed by atoms with Crippen molar-refractivity contribution < 1.29 is 9.90 Å². The van der Waals surface area contributed by atoms with Crippen LogP contribution in [0.2, 0.25) is 0 Å². The van der Waals surface area contributed by atoms with Crippen molar-refractivity contribution in [3.05, 3.63) is 35.2 Å². The minimum Gasteiger partial charge on any atom is -0.481 e. The van der Waals surface area contributed by atoms with Gasteiger partial charge < -0.3 is 10.4 Å². The lowest BCUT2D eigenvalue weighted by atomic mass is 9.96. The highest BCUT2D eigenvalue weighted by Gasteiger charge is 2.20. The summed E-state index contributed by atoms with van der Waals surface area (Å²) in [6.45, 7) is 1.75. The molecule has 0 aliphatic carbocycles. The van der Waals surface area contributed by atoms with E-state index in [0.29, 0.717) is 6.42 Å². The third kappa shape index (κ3) is 2.54. The van der Waals surface area contributed by atoms with E-state index >= 15 is 0 Å². The molecule has 2 atom stereocenters. The van der Waals surface area contributed by atoms with Gasteiger partial charge in [0.15, 0.2) is 0 Å². The Kier molecular flexibility index (Phi) is 3.99. The van der Waals surface area contributed by atoms with Crippen LogP contribution >= 0.6 is 11.3 Å². The van der Waals surface area contributed by atoms with Crippen LogP contribution in [0.3, 0.4) is 0 Å². The van der Waals surface area contributed by atoms with Gasteiger partial charge in [-0.25, -0.2) is 0 Å². The minimum absolute atomic E-state index is 0.0900. The molecule has 2 N–H and O–H groups in total. The quantitative estimate of drug-likeness (QED) is 0.870. The molecule has 0 radical (unpaired) electrons. The number of hydrogen-bond donors (Lipinski definition) is 2. The van der Waals surface area contributed by atoms with Crippen LogP contribution in [-0.2, 0) is 4.79 Å². The first-order chi connectivity index (χ1) is 8.63. The van der Waals surface area contributed by atoms with E-state index in [4.69, 9.17) is 5.11 Å². The summed E-state index contributed by atoms with van der Waals surface area (Å²) in [6, 6.07) is 8.32. The average molecular weight is 263 g/mol. The largest absolute Gasteiger partial charge is 0.481 e. The van der Waals surface area contributed by atoms with Crippen molar-refractivity contribution in [1.82, 2.24) is 5.32 Å². The van der Waals surface area contributed by atoms with Gasteiger partial charge in [-0.05, 0) is 35.9 Å². The van der Waals surface area contributed by atoms with Gasteiger partial charge in [0.25, 0.3) is 0 Å². The van der Waals surface area contributed by atoms with Gasteiger partial charge in [0, 0.05) is 10.7 Å². The number of thiophene rings is 1. The molecule has 18 heavy (non-hydrogen) atoms. The molecule has 2 rings (SSSR count). The molecule has 0 aliphatic heterocycles. The lowest BCUT2D eigenvalue weighted by Crippen LogP contribution is -2.22. The van der Waals surface area contributed by atoms with Crippen LogP contribution in [-0.4, -0.2) is 18.1 Å². The van der Waals surface area contributed by atoms with Crippen LogP contribution in [0.4, 0.5) is 0 Å². The molecular formula is C14H17NO2S. The summed E-state index contributed by atoms with van der Waals surface area (Å²) in [5.74, 6) is -1.09. The summed E-state index contributed by atoms with van der Waals surface area (Å²) in [6.07, 6.45) is 0.604. The maximum Gasteiger partial charge on any atom is 0.306 e. The number of hydrogen-bond acceptors (Lipinski definition) is 3. The van der Waals surface area contributed by atoms with Crippen LogP contribution < -0.4 is 5.32 Å². The first kappa shape index (κ1) is 13.1. The first-order valence-corrected chi connectivity index (χ1v) is 6.87. The van der Waals surface area contributed by atoms with Crippen molar-refractivity contribution in [2.45, 2.75) is 19.4 Å². The van der Waals surface area contributed by atoms with E-state index in [2.05, 4.69) is 22.8 Å². The van der Waals surface area contributed by atoms with E-state index in [1.807, 2.05) is 19.2 Å². The highest BCUT2D eigenvalue weighted by molar-refractivity contribution is 7.17. The van der Waals surface area contributed by atoms with E-state index in [1.54, 1.807) is 18.3 Å². The summed E-state index contributed by atoms with van der Waals surface area (Å²) in [7, 11) is 1.88. The number of benzene rings is 1. The van der Waals surface area contributed by atoms with E-state index in [9.17, 15) is 4.79 Å². The normalized spacial score (nSPS) is 14.6. The molecular weight excluding hydrogens is 246 g/mol. The first-order valence-electron chi connectivity index (χ1n) is 5.99. The lowest BCUT2D eigenvalue weighted by Gasteiger charge is -2.18.